The normalized spacial score (nSPS) is 9.46. The van der Waals surface area contributed by atoms with E-state index in [1.165, 1.54) is 25.4 Å². The molecular weight excluding hydrogens is 173 g/mol. The maximum atomic E-state index is 11.0. The number of carbonyl (C=O) groups excluding carboxylic acids is 1. The van der Waals surface area contributed by atoms with Crippen molar-refractivity contribution in [2.45, 2.75) is 0 Å². The molecule has 0 radical (unpaired) electrons. The van der Waals surface area contributed by atoms with Gasteiger partial charge < -0.3 is 14.8 Å². The molecule has 1 aromatic rings. The summed E-state index contributed by atoms with van der Waals surface area (Å²) in [5.74, 6) is -0.691. The van der Waals surface area contributed by atoms with Gasteiger partial charge in [0.15, 0.2) is 0 Å². The standard InChI is InChI=1S/C7H8BNO4/c1-13-7(10)6-5(8(11)12)3-2-4-9-6/h2-4,11-12H,1H3. The zero-order valence-corrected chi connectivity index (χ0v) is 6.97. The fourth-order valence-electron chi connectivity index (χ4n) is 0.893. The molecule has 0 fully saturated rings. The molecule has 0 bridgehead atoms. The molecule has 0 spiro atoms. The molecule has 0 unspecified atom stereocenters. The predicted molar refractivity (Wildman–Crippen MR) is 45.4 cm³/mol. The molecule has 2 N–H and O–H groups in total. The summed E-state index contributed by atoms with van der Waals surface area (Å²) in [5, 5.41) is 17.7. The Labute approximate surface area is 75.1 Å². The minimum absolute atomic E-state index is 0.0364. The van der Waals surface area contributed by atoms with Crippen LogP contribution in [0.1, 0.15) is 10.5 Å². The van der Waals surface area contributed by atoms with Gasteiger partial charge in [0.1, 0.15) is 5.69 Å². The molecule has 0 aliphatic rings. The summed E-state index contributed by atoms with van der Waals surface area (Å²) in [7, 11) is -0.521. The van der Waals surface area contributed by atoms with Gasteiger partial charge >= 0.3 is 13.1 Å². The molecule has 1 aromatic heterocycles. The molecular formula is C7H8BNO4. The van der Waals surface area contributed by atoms with Crippen LogP contribution in [0.25, 0.3) is 0 Å². The Morgan fingerprint density at radius 2 is 2.31 bits per heavy atom. The first-order chi connectivity index (χ1) is 6.16. The predicted octanol–water partition coefficient (Wildman–Crippen LogP) is -1.45. The van der Waals surface area contributed by atoms with Crippen molar-refractivity contribution in [1.82, 2.24) is 4.98 Å². The highest BCUT2D eigenvalue weighted by atomic mass is 16.5. The number of methoxy groups -OCH3 is 1. The number of hydrogen-bond acceptors (Lipinski definition) is 5. The number of rotatable bonds is 2. The Hall–Kier alpha value is -1.40. The van der Waals surface area contributed by atoms with Crippen LogP contribution in [0.15, 0.2) is 18.3 Å². The van der Waals surface area contributed by atoms with E-state index in [1.807, 2.05) is 0 Å². The molecule has 1 rings (SSSR count). The summed E-state index contributed by atoms with van der Waals surface area (Å²) >= 11 is 0. The van der Waals surface area contributed by atoms with E-state index in [1.54, 1.807) is 0 Å². The van der Waals surface area contributed by atoms with Gasteiger partial charge in [-0.2, -0.15) is 0 Å². The van der Waals surface area contributed by atoms with Crippen molar-refractivity contribution in [2.75, 3.05) is 7.11 Å². The maximum Gasteiger partial charge on any atom is 0.490 e. The zero-order valence-electron chi connectivity index (χ0n) is 6.97. The lowest BCUT2D eigenvalue weighted by molar-refractivity contribution is 0.0595. The number of hydrogen-bond donors (Lipinski definition) is 2. The Kier molecular flexibility index (Phi) is 3.00. The van der Waals surface area contributed by atoms with Gasteiger partial charge in [0, 0.05) is 11.7 Å². The monoisotopic (exact) mass is 181 g/mol. The van der Waals surface area contributed by atoms with E-state index in [0.29, 0.717) is 0 Å². The van der Waals surface area contributed by atoms with Gasteiger partial charge in [-0.05, 0) is 6.07 Å². The van der Waals surface area contributed by atoms with Crippen molar-refractivity contribution in [3.05, 3.63) is 24.0 Å². The number of ether oxygens (including phenoxy) is 1. The van der Waals surface area contributed by atoms with Gasteiger partial charge in [0.05, 0.1) is 7.11 Å². The average Bonchev–Trinajstić information content (AvgIpc) is 2.16. The largest absolute Gasteiger partial charge is 0.490 e. The molecule has 13 heavy (non-hydrogen) atoms. The third-order valence-electron chi connectivity index (χ3n) is 1.50. The number of esters is 1. The van der Waals surface area contributed by atoms with Crippen LogP contribution in [-0.4, -0.2) is 35.2 Å². The number of carbonyl (C=O) groups is 1. The molecule has 6 heteroatoms. The average molecular weight is 181 g/mol. The quantitative estimate of drug-likeness (QED) is 0.430. The summed E-state index contributed by atoms with van der Waals surface area (Å²) in [5.41, 5.74) is -0.0469. The van der Waals surface area contributed by atoms with Crippen molar-refractivity contribution in [1.29, 1.82) is 0 Å². The second kappa shape index (κ2) is 4.02. The van der Waals surface area contributed by atoms with Gasteiger partial charge in [-0.3, -0.25) is 0 Å². The van der Waals surface area contributed by atoms with E-state index in [9.17, 15) is 4.79 Å². The van der Waals surface area contributed by atoms with Crippen LogP contribution in [0.4, 0.5) is 0 Å². The molecule has 0 saturated heterocycles. The van der Waals surface area contributed by atoms with Crippen LogP contribution >= 0.6 is 0 Å². The zero-order chi connectivity index (χ0) is 9.84. The summed E-state index contributed by atoms with van der Waals surface area (Å²) in [6, 6.07) is 2.89. The topological polar surface area (TPSA) is 79.7 Å². The van der Waals surface area contributed by atoms with Crippen LogP contribution in [-0.2, 0) is 4.74 Å². The minimum Gasteiger partial charge on any atom is -0.464 e. The molecule has 0 amide bonds. The first-order valence-corrected chi connectivity index (χ1v) is 3.56. The maximum absolute atomic E-state index is 11.0. The van der Waals surface area contributed by atoms with E-state index < -0.39 is 13.1 Å². The SMILES string of the molecule is COC(=O)c1ncccc1B(O)O. The highest BCUT2D eigenvalue weighted by molar-refractivity contribution is 6.60. The van der Waals surface area contributed by atoms with E-state index in [-0.39, 0.29) is 11.2 Å². The molecule has 0 aromatic carbocycles. The first-order valence-electron chi connectivity index (χ1n) is 3.56. The summed E-state index contributed by atoms with van der Waals surface area (Å²) in [6.07, 6.45) is 1.37. The number of pyridine rings is 1. The van der Waals surface area contributed by atoms with Crippen LogP contribution in [0.5, 0.6) is 0 Å². The summed E-state index contributed by atoms with van der Waals surface area (Å²) < 4.78 is 4.40. The minimum atomic E-state index is -1.72. The van der Waals surface area contributed by atoms with Gasteiger partial charge in [0.25, 0.3) is 0 Å². The van der Waals surface area contributed by atoms with Crippen molar-refractivity contribution in [3.63, 3.8) is 0 Å². The van der Waals surface area contributed by atoms with Gasteiger partial charge in [-0.15, -0.1) is 0 Å². The van der Waals surface area contributed by atoms with Crippen molar-refractivity contribution in [3.8, 4) is 0 Å². The molecule has 0 atom stereocenters. The third-order valence-corrected chi connectivity index (χ3v) is 1.50. The van der Waals surface area contributed by atoms with E-state index >= 15 is 0 Å². The van der Waals surface area contributed by atoms with Gasteiger partial charge in [0.2, 0.25) is 0 Å². The lowest BCUT2D eigenvalue weighted by Crippen LogP contribution is -2.35. The Morgan fingerprint density at radius 1 is 1.62 bits per heavy atom. The molecule has 0 saturated carbocycles. The highest BCUT2D eigenvalue weighted by Crippen LogP contribution is 1.94. The van der Waals surface area contributed by atoms with Gasteiger partial charge in [-0.1, -0.05) is 6.07 Å². The number of nitrogens with zero attached hydrogens (tertiary/aromatic N) is 1. The molecule has 68 valence electrons. The molecule has 5 nitrogen and oxygen atoms in total. The second-order valence-electron chi connectivity index (χ2n) is 2.31. The van der Waals surface area contributed by atoms with Crippen molar-refractivity contribution >= 4 is 18.6 Å². The summed E-state index contributed by atoms with van der Waals surface area (Å²) in [6.45, 7) is 0. The second-order valence-corrected chi connectivity index (χ2v) is 2.31. The molecule has 0 aliphatic carbocycles. The fraction of sp³-hybridized carbons (Fsp3) is 0.143. The molecule has 0 aliphatic heterocycles. The Balaban J connectivity index is 3.12. The molecule has 1 heterocycles. The smallest absolute Gasteiger partial charge is 0.464 e. The van der Waals surface area contributed by atoms with Crippen LogP contribution in [0, 0.1) is 0 Å². The third kappa shape index (κ3) is 2.04. The number of aromatic nitrogens is 1. The fourth-order valence-corrected chi connectivity index (χ4v) is 0.893. The van der Waals surface area contributed by atoms with Crippen LogP contribution in [0.2, 0.25) is 0 Å². The van der Waals surface area contributed by atoms with Crippen LogP contribution < -0.4 is 5.46 Å². The van der Waals surface area contributed by atoms with Crippen molar-refractivity contribution in [2.24, 2.45) is 0 Å². The first kappa shape index (κ1) is 9.69. The Morgan fingerprint density at radius 3 is 2.85 bits per heavy atom. The van der Waals surface area contributed by atoms with E-state index in [2.05, 4.69) is 9.72 Å². The van der Waals surface area contributed by atoms with E-state index in [0.717, 1.165) is 0 Å². The highest BCUT2D eigenvalue weighted by Gasteiger charge is 2.21. The van der Waals surface area contributed by atoms with Gasteiger partial charge in [-0.25, -0.2) is 9.78 Å². The van der Waals surface area contributed by atoms with Crippen molar-refractivity contribution < 1.29 is 19.6 Å². The summed E-state index contributed by atoms with van der Waals surface area (Å²) in [4.78, 5) is 14.7. The van der Waals surface area contributed by atoms with Crippen LogP contribution in [0.3, 0.4) is 0 Å². The Bertz CT molecular complexity index is 315. The lowest BCUT2D eigenvalue weighted by atomic mass is 9.79. The lowest BCUT2D eigenvalue weighted by Gasteiger charge is -2.04. The van der Waals surface area contributed by atoms with E-state index in [4.69, 9.17) is 10.0 Å².